The summed E-state index contributed by atoms with van der Waals surface area (Å²) in [5.41, 5.74) is 2.57. The molecular formula is C18H30O. The van der Waals surface area contributed by atoms with Crippen molar-refractivity contribution in [1.29, 1.82) is 0 Å². The molecule has 0 aromatic heterocycles. The molecule has 3 aliphatic rings. The van der Waals surface area contributed by atoms with Crippen molar-refractivity contribution in [3.8, 4) is 0 Å². The molecule has 3 aliphatic carbocycles. The molecule has 5 unspecified atom stereocenters. The standard InChI is InChI=1S/C18H30O/c1-12-6-7-14-17(12,4)10-8-13-16(2,3)15(19)9-11-18(13,14)5/h6,13-15,19H,7-11H2,1-5H3. The van der Waals surface area contributed by atoms with Gasteiger partial charge in [0.25, 0.3) is 0 Å². The molecule has 0 amide bonds. The largest absolute Gasteiger partial charge is 0.393 e. The van der Waals surface area contributed by atoms with Crippen molar-refractivity contribution in [3.05, 3.63) is 11.6 Å². The Morgan fingerprint density at radius 1 is 1.05 bits per heavy atom. The maximum atomic E-state index is 10.4. The zero-order chi connectivity index (χ0) is 14.1. The third-order valence-electron chi connectivity index (χ3n) is 7.59. The molecule has 2 saturated carbocycles. The van der Waals surface area contributed by atoms with Crippen LogP contribution < -0.4 is 0 Å². The fourth-order valence-corrected chi connectivity index (χ4v) is 6.07. The Morgan fingerprint density at radius 3 is 2.42 bits per heavy atom. The van der Waals surface area contributed by atoms with E-state index in [0.29, 0.717) is 16.7 Å². The second-order valence-corrected chi connectivity index (χ2v) is 8.57. The smallest absolute Gasteiger partial charge is 0.0594 e. The molecule has 0 heterocycles. The van der Waals surface area contributed by atoms with Crippen LogP contribution >= 0.6 is 0 Å². The van der Waals surface area contributed by atoms with Crippen LogP contribution in [0.1, 0.15) is 66.7 Å². The van der Waals surface area contributed by atoms with Gasteiger partial charge in [-0.1, -0.05) is 39.3 Å². The van der Waals surface area contributed by atoms with Crippen LogP contribution in [0.2, 0.25) is 0 Å². The normalized spacial score (nSPS) is 52.3. The van der Waals surface area contributed by atoms with Crippen LogP contribution in [-0.2, 0) is 0 Å². The molecule has 3 rings (SSSR count). The Hall–Kier alpha value is -0.300. The van der Waals surface area contributed by atoms with Gasteiger partial charge in [-0.2, -0.15) is 0 Å². The second-order valence-electron chi connectivity index (χ2n) is 8.57. The predicted octanol–water partition coefficient (Wildman–Crippen LogP) is 4.56. The lowest BCUT2D eigenvalue weighted by Crippen LogP contribution is -2.57. The van der Waals surface area contributed by atoms with Crippen LogP contribution in [0.3, 0.4) is 0 Å². The molecule has 0 aromatic carbocycles. The molecule has 0 radical (unpaired) electrons. The van der Waals surface area contributed by atoms with E-state index in [0.717, 1.165) is 12.3 Å². The van der Waals surface area contributed by atoms with Crippen LogP contribution in [0.5, 0.6) is 0 Å². The number of aliphatic hydroxyl groups is 1. The monoisotopic (exact) mass is 262 g/mol. The quantitative estimate of drug-likeness (QED) is 0.635. The topological polar surface area (TPSA) is 20.2 Å². The van der Waals surface area contributed by atoms with Crippen molar-refractivity contribution >= 4 is 0 Å². The Kier molecular flexibility index (Phi) is 2.79. The second kappa shape index (κ2) is 3.87. The van der Waals surface area contributed by atoms with Gasteiger partial charge in [0.2, 0.25) is 0 Å². The zero-order valence-corrected chi connectivity index (χ0v) is 13.3. The third kappa shape index (κ3) is 1.57. The molecule has 0 spiro atoms. The molecule has 1 nitrogen and oxygen atoms in total. The van der Waals surface area contributed by atoms with E-state index in [4.69, 9.17) is 0 Å². The maximum absolute atomic E-state index is 10.4. The van der Waals surface area contributed by atoms with Gasteiger partial charge in [-0.25, -0.2) is 0 Å². The number of hydrogen-bond donors (Lipinski definition) is 1. The fourth-order valence-electron chi connectivity index (χ4n) is 6.07. The maximum Gasteiger partial charge on any atom is 0.0594 e. The van der Waals surface area contributed by atoms with Crippen molar-refractivity contribution in [2.24, 2.45) is 28.1 Å². The molecule has 1 N–H and O–H groups in total. The van der Waals surface area contributed by atoms with E-state index >= 15 is 0 Å². The van der Waals surface area contributed by atoms with Crippen molar-refractivity contribution < 1.29 is 5.11 Å². The van der Waals surface area contributed by atoms with Gasteiger partial charge in [0.05, 0.1) is 6.10 Å². The van der Waals surface area contributed by atoms with Gasteiger partial charge in [0.1, 0.15) is 0 Å². The van der Waals surface area contributed by atoms with Crippen LogP contribution in [-0.4, -0.2) is 11.2 Å². The fraction of sp³-hybridized carbons (Fsp3) is 0.889. The van der Waals surface area contributed by atoms with Gasteiger partial charge >= 0.3 is 0 Å². The molecule has 0 aliphatic heterocycles. The predicted molar refractivity (Wildman–Crippen MR) is 79.8 cm³/mol. The molecule has 5 atom stereocenters. The molecule has 1 heteroatoms. The van der Waals surface area contributed by atoms with E-state index in [-0.39, 0.29) is 11.5 Å². The Bertz CT molecular complexity index is 417. The minimum Gasteiger partial charge on any atom is -0.393 e. The molecule has 0 saturated heterocycles. The summed E-state index contributed by atoms with van der Waals surface area (Å²) in [7, 11) is 0. The minimum absolute atomic E-state index is 0.0881. The summed E-state index contributed by atoms with van der Waals surface area (Å²) in [6.07, 6.45) is 8.47. The first-order valence-electron chi connectivity index (χ1n) is 8.08. The van der Waals surface area contributed by atoms with Crippen molar-refractivity contribution in [3.63, 3.8) is 0 Å². The lowest BCUT2D eigenvalue weighted by atomic mass is 9.43. The first-order chi connectivity index (χ1) is 8.73. The third-order valence-corrected chi connectivity index (χ3v) is 7.59. The van der Waals surface area contributed by atoms with Crippen LogP contribution in [0.25, 0.3) is 0 Å². The van der Waals surface area contributed by atoms with E-state index < -0.39 is 0 Å². The number of rotatable bonds is 0. The minimum atomic E-state index is -0.106. The van der Waals surface area contributed by atoms with E-state index in [1.165, 1.54) is 25.7 Å². The zero-order valence-electron chi connectivity index (χ0n) is 13.3. The van der Waals surface area contributed by atoms with Crippen molar-refractivity contribution in [2.75, 3.05) is 0 Å². The summed E-state index contributed by atoms with van der Waals surface area (Å²) in [6.45, 7) is 12.0. The summed E-state index contributed by atoms with van der Waals surface area (Å²) < 4.78 is 0. The highest BCUT2D eigenvalue weighted by Crippen LogP contribution is 2.68. The Labute approximate surface area is 118 Å². The Morgan fingerprint density at radius 2 is 1.74 bits per heavy atom. The summed E-state index contributed by atoms with van der Waals surface area (Å²) >= 11 is 0. The van der Waals surface area contributed by atoms with Gasteiger partial charge < -0.3 is 5.11 Å². The number of allylic oxidation sites excluding steroid dienone is 2. The summed E-state index contributed by atoms with van der Waals surface area (Å²) in [5, 5.41) is 10.4. The van der Waals surface area contributed by atoms with E-state index in [9.17, 15) is 5.11 Å². The van der Waals surface area contributed by atoms with Crippen molar-refractivity contribution in [1.82, 2.24) is 0 Å². The molecule has 108 valence electrons. The van der Waals surface area contributed by atoms with Gasteiger partial charge in [0.15, 0.2) is 0 Å². The van der Waals surface area contributed by atoms with Crippen LogP contribution in [0.4, 0.5) is 0 Å². The summed E-state index contributed by atoms with van der Waals surface area (Å²) in [5.74, 6) is 1.48. The molecule has 19 heavy (non-hydrogen) atoms. The number of aliphatic hydroxyl groups excluding tert-OH is 1. The molecule has 0 aromatic rings. The van der Waals surface area contributed by atoms with Gasteiger partial charge in [-0.3, -0.25) is 0 Å². The number of fused-ring (bicyclic) bond motifs is 3. The lowest BCUT2D eigenvalue weighted by Gasteiger charge is -2.62. The highest BCUT2D eigenvalue weighted by molar-refractivity contribution is 5.25. The van der Waals surface area contributed by atoms with Crippen molar-refractivity contribution in [2.45, 2.75) is 72.8 Å². The Balaban J connectivity index is 2.00. The van der Waals surface area contributed by atoms with E-state index in [1.54, 1.807) is 5.57 Å². The first-order valence-corrected chi connectivity index (χ1v) is 8.08. The average molecular weight is 262 g/mol. The van der Waals surface area contributed by atoms with E-state index in [1.807, 2.05) is 0 Å². The van der Waals surface area contributed by atoms with Crippen LogP contribution in [0.15, 0.2) is 11.6 Å². The summed E-state index contributed by atoms with van der Waals surface area (Å²) in [6, 6.07) is 0. The van der Waals surface area contributed by atoms with Gasteiger partial charge in [-0.05, 0) is 67.1 Å². The summed E-state index contributed by atoms with van der Waals surface area (Å²) in [4.78, 5) is 0. The van der Waals surface area contributed by atoms with Crippen LogP contribution in [0, 0.1) is 28.1 Å². The average Bonchev–Trinajstić information content (AvgIpc) is 2.63. The van der Waals surface area contributed by atoms with E-state index in [2.05, 4.69) is 40.7 Å². The highest BCUT2D eigenvalue weighted by atomic mass is 16.3. The molecule has 0 bridgehead atoms. The number of hydrogen-bond acceptors (Lipinski definition) is 1. The molecule has 2 fully saturated rings. The first kappa shape index (κ1) is 13.7. The SMILES string of the molecule is CC1=CCC2C1(C)CCC1C(C)(C)C(O)CCC21C. The van der Waals surface area contributed by atoms with Gasteiger partial charge in [-0.15, -0.1) is 0 Å². The van der Waals surface area contributed by atoms with Gasteiger partial charge in [0, 0.05) is 0 Å². The molecular weight excluding hydrogens is 232 g/mol. The highest BCUT2D eigenvalue weighted by Gasteiger charge is 2.61. The lowest BCUT2D eigenvalue weighted by molar-refractivity contribution is -0.158.